The number of carboxylic acids is 1. The molecule has 1 N–H and O–H groups in total. The summed E-state index contributed by atoms with van der Waals surface area (Å²) in [5, 5.41) is 11.2. The number of hydrogen-bond donors (Lipinski definition) is 1. The minimum atomic E-state index is -0.806. The number of thiazole rings is 1. The second-order valence-corrected chi connectivity index (χ2v) is 6.66. The lowest BCUT2D eigenvalue weighted by Gasteiger charge is -2.16. The number of fused-ring (bicyclic) bond motifs is 1. The lowest BCUT2D eigenvalue weighted by Crippen LogP contribution is -2.17. The fourth-order valence-corrected chi connectivity index (χ4v) is 4.07. The van der Waals surface area contributed by atoms with Crippen molar-refractivity contribution < 1.29 is 9.90 Å². The smallest absolute Gasteiger partial charge is 0.312 e. The highest BCUT2D eigenvalue weighted by Gasteiger charge is 2.30. The minimum absolute atomic E-state index is 0.498. The van der Waals surface area contributed by atoms with Crippen LogP contribution in [0.4, 0.5) is 0 Å². The van der Waals surface area contributed by atoms with Crippen LogP contribution in [0, 0.1) is 0 Å². The summed E-state index contributed by atoms with van der Waals surface area (Å²) in [5.41, 5.74) is 1.46. The molecule has 1 aromatic heterocycles. The van der Waals surface area contributed by atoms with E-state index in [9.17, 15) is 9.90 Å². The topological polar surface area (TPSA) is 50.2 Å². The van der Waals surface area contributed by atoms with Crippen LogP contribution in [0.5, 0.6) is 0 Å². The van der Waals surface area contributed by atoms with Gasteiger partial charge >= 0.3 is 5.97 Å². The Morgan fingerprint density at radius 1 is 1.40 bits per heavy atom. The summed E-state index contributed by atoms with van der Waals surface area (Å²) in [6.07, 6.45) is 2.42. The van der Waals surface area contributed by atoms with E-state index >= 15 is 0 Å². The Morgan fingerprint density at radius 2 is 2.20 bits per heavy atom. The molecule has 20 heavy (non-hydrogen) atoms. The number of aliphatic carboxylic acids is 1. The van der Waals surface area contributed by atoms with Gasteiger partial charge in [-0.3, -0.25) is 4.79 Å². The molecule has 0 fully saturated rings. The van der Waals surface area contributed by atoms with Gasteiger partial charge in [-0.1, -0.05) is 23.2 Å². The largest absolute Gasteiger partial charge is 0.481 e. The second-order valence-electron chi connectivity index (χ2n) is 4.73. The molecule has 1 atom stereocenters. The fourth-order valence-electron chi connectivity index (χ4n) is 2.44. The molecule has 0 spiro atoms. The second kappa shape index (κ2) is 5.35. The molecular formula is C14H11Cl2NO2S. The molecule has 0 saturated heterocycles. The Bertz CT molecular complexity index is 684. The molecule has 1 aliphatic rings. The van der Waals surface area contributed by atoms with Crippen molar-refractivity contribution >= 4 is 40.5 Å². The third-order valence-corrected chi connectivity index (χ3v) is 5.14. The van der Waals surface area contributed by atoms with E-state index in [4.69, 9.17) is 23.2 Å². The number of carboxylic acid groups (broad SMARTS) is 1. The SMILES string of the molecule is O=C(O)C1CCCc2sc(-c3cc(Cl)ccc3Cl)nc21. The standard InChI is InChI=1S/C14H11Cl2NO2S/c15-7-4-5-10(16)9(6-7)13-17-12-8(14(18)19)2-1-3-11(12)20-13/h4-6,8H,1-3H2,(H,18,19). The highest BCUT2D eigenvalue weighted by atomic mass is 35.5. The van der Waals surface area contributed by atoms with E-state index in [0.29, 0.717) is 22.2 Å². The number of carbonyl (C=O) groups is 1. The van der Waals surface area contributed by atoms with Crippen LogP contribution in [0.25, 0.3) is 10.6 Å². The maximum atomic E-state index is 11.3. The molecule has 0 amide bonds. The van der Waals surface area contributed by atoms with Gasteiger partial charge in [0, 0.05) is 15.5 Å². The molecule has 2 aromatic rings. The molecular weight excluding hydrogens is 317 g/mol. The van der Waals surface area contributed by atoms with Crippen molar-refractivity contribution in [1.29, 1.82) is 0 Å². The van der Waals surface area contributed by atoms with Crippen LogP contribution in [0.3, 0.4) is 0 Å². The molecule has 1 heterocycles. The molecule has 104 valence electrons. The summed E-state index contributed by atoms with van der Waals surface area (Å²) in [4.78, 5) is 16.9. The van der Waals surface area contributed by atoms with Gasteiger partial charge in [-0.2, -0.15) is 0 Å². The van der Waals surface area contributed by atoms with Gasteiger partial charge in [0.05, 0.1) is 16.6 Å². The van der Waals surface area contributed by atoms with Crippen molar-refractivity contribution in [1.82, 2.24) is 4.98 Å². The average molecular weight is 328 g/mol. The number of aromatic nitrogens is 1. The average Bonchev–Trinajstić information content (AvgIpc) is 2.84. The van der Waals surface area contributed by atoms with Crippen LogP contribution in [0.15, 0.2) is 18.2 Å². The van der Waals surface area contributed by atoms with E-state index in [1.165, 1.54) is 11.3 Å². The van der Waals surface area contributed by atoms with Crippen LogP contribution < -0.4 is 0 Å². The molecule has 0 saturated carbocycles. The first-order chi connectivity index (χ1) is 9.56. The van der Waals surface area contributed by atoms with E-state index in [2.05, 4.69) is 4.98 Å². The predicted octanol–water partition coefficient (Wildman–Crippen LogP) is 4.62. The molecule has 0 radical (unpaired) electrons. The van der Waals surface area contributed by atoms with Crippen molar-refractivity contribution in [3.05, 3.63) is 38.8 Å². The number of aryl methyl sites for hydroxylation is 1. The highest BCUT2D eigenvalue weighted by Crippen LogP contribution is 2.40. The van der Waals surface area contributed by atoms with Crippen LogP contribution >= 0.6 is 34.5 Å². The first-order valence-electron chi connectivity index (χ1n) is 6.24. The Kier molecular flexibility index (Phi) is 3.71. The quantitative estimate of drug-likeness (QED) is 0.875. The number of benzene rings is 1. The molecule has 3 nitrogen and oxygen atoms in total. The van der Waals surface area contributed by atoms with Gasteiger partial charge < -0.3 is 5.11 Å². The third kappa shape index (κ3) is 2.43. The molecule has 1 unspecified atom stereocenters. The van der Waals surface area contributed by atoms with Crippen molar-refractivity contribution in [3.63, 3.8) is 0 Å². The van der Waals surface area contributed by atoms with E-state index < -0.39 is 11.9 Å². The van der Waals surface area contributed by atoms with E-state index in [1.807, 2.05) is 0 Å². The summed E-state index contributed by atoms with van der Waals surface area (Å²) in [5.74, 6) is -1.30. The van der Waals surface area contributed by atoms with Crippen LogP contribution in [-0.2, 0) is 11.2 Å². The number of rotatable bonds is 2. The Balaban J connectivity index is 2.09. The number of hydrogen-bond acceptors (Lipinski definition) is 3. The zero-order valence-corrected chi connectivity index (χ0v) is 12.7. The normalized spacial score (nSPS) is 17.8. The van der Waals surface area contributed by atoms with E-state index in [-0.39, 0.29) is 0 Å². The third-order valence-electron chi connectivity index (χ3n) is 3.41. The predicted molar refractivity (Wildman–Crippen MR) is 80.9 cm³/mol. The van der Waals surface area contributed by atoms with Gasteiger partial charge in [0.2, 0.25) is 0 Å². The van der Waals surface area contributed by atoms with Gasteiger partial charge in [-0.15, -0.1) is 11.3 Å². The summed E-state index contributed by atoms with van der Waals surface area (Å²) in [7, 11) is 0. The highest BCUT2D eigenvalue weighted by molar-refractivity contribution is 7.15. The van der Waals surface area contributed by atoms with E-state index in [1.54, 1.807) is 18.2 Å². The van der Waals surface area contributed by atoms with Crippen molar-refractivity contribution in [2.45, 2.75) is 25.2 Å². The summed E-state index contributed by atoms with van der Waals surface area (Å²) in [6, 6.07) is 5.22. The maximum absolute atomic E-state index is 11.3. The molecule has 3 rings (SSSR count). The van der Waals surface area contributed by atoms with Crippen molar-refractivity contribution in [2.75, 3.05) is 0 Å². The summed E-state index contributed by atoms with van der Waals surface area (Å²) >= 11 is 13.7. The Labute approximate surface area is 130 Å². The lowest BCUT2D eigenvalue weighted by atomic mass is 9.91. The summed E-state index contributed by atoms with van der Waals surface area (Å²) < 4.78 is 0. The van der Waals surface area contributed by atoms with E-state index in [0.717, 1.165) is 28.3 Å². The Hall–Kier alpha value is -1.10. The fraction of sp³-hybridized carbons (Fsp3) is 0.286. The Morgan fingerprint density at radius 3 is 2.95 bits per heavy atom. The first kappa shape index (κ1) is 13.9. The van der Waals surface area contributed by atoms with Gasteiger partial charge in [-0.25, -0.2) is 4.98 Å². The van der Waals surface area contributed by atoms with Crippen LogP contribution in [0.1, 0.15) is 29.3 Å². The number of nitrogens with zero attached hydrogens (tertiary/aromatic N) is 1. The molecule has 1 aliphatic carbocycles. The van der Waals surface area contributed by atoms with Crippen molar-refractivity contribution in [2.24, 2.45) is 0 Å². The summed E-state index contributed by atoms with van der Waals surface area (Å²) in [6.45, 7) is 0. The molecule has 1 aromatic carbocycles. The van der Waals surface area contributed by atoms with Crippen LogP contribution in [-0.4, -0.2) is 16.1 Å². The van der Waals surface area contributed by atoms with Gasteiger partial charge in [0.25, 0.3) is 0 Å². The van der Waals surface area contributed by atoms with Crippen molar-refractivity contribution in [3.8, 4) is 10.6 Å². The van der Waals surface area contributed by atoms with Gasteiger partial charge in [0.1, 0.15) is 5.01 Å². The van der Waals surface area contributed by atoms with Crippen LogP contribution in [0.2, 0.25) is 10.0 Å². The van der Waals surface area contributed by atoms with Gasteiger partial charge in [-0.05, 0) is 37.5 Å². The number of halogens is 2. The molecule has 0 aliphatic heterocycles. The zero-order chi connectivity index (χ0) is 14.3. The van der Waals surface area contributed by atoms with Gasteiger partial charge in [0.15, 0.2) is 0 Å². The monoisotopic (exact) mass is 327 g/mol. The first-order valence-corrected chi connectivity index (χ1v) is 7.81. The lowest BCUT2D eigenvalue weighted by molar-refractivity contribution is -0.139. The zero-order valence-electron chi connectivity index (χ0n) is 10.4. The minimum Gasteiger partial charge on any atom is -0.481 e. The molecule has 0 bridgehead atoms. The maximum Gasteiger partial charge on any atom is 0.312 e. The molecule has 6 heteroatoms.